The first kappa shape index (κ1) is 14.7. The second-order valence-electron chi connectivity index (χ2n) is 5.24. The lowest BCUT2D eigenvalue weighted by atomic mass is 10.2. The molecule has 1 saturated heterocycles. The molecular weight excluding hydrogens is 298 g/mol. The number of amides is 2. The summed E-state index contributed by atoms with van der Waals surface area (Å²) in [4.78, 5) is 31.8. The molecule has 3 rings (SSSR count). The van der Waals surface area contributed by atoms with Crippen LogP contribution in [0.3, 0.4) is 0 Å². The molecule has 0 aliphatic carbocycles. The van der Waals surface area contributed by atoms with E-state index in [1.165, 1.54) is 11.3 Å². The van der Waals surface area contributed by atoms with Crippen LogP contribution in [0.25, 0.3) is 0 Å². The lowest BCUT2D eigenvalue weighted by Crippen LogP contribution is -2.28. The minimum Gasteiger partial charge on any atom is -0.315 e. The monoisotopic (exact) mass is 315 g/mol. The van der Waals surface area contributed by atoms with Crippen LogP contribution in [-0.4, -0.2) is 30.4 Å². The van der Waals surface area contributed by atoms with Crippen molar-refractivity contribution in [1.82, 2.24) is 4.98 Å². The normalized spacial score (nSPS) is 14.4. The maximum Gasteiger partial charge on any atom is 0.232 e. The number of anilines is 2. The third-order valence-corrected chi connectivity index (χ3v) is 4.61. The summed E-state index contributed by atoms with van der Waals surface area (Å²) < 4.78 is 0. The molecule has 2 aromatic rings. The Hall–Kier alpha value is -2.21. The summed E-state index contributed by atoms with van der Waals surface area (Å²) in [5.74, 6) is 0.101. The number of para-hydroxylation sites is 1. The van der Waals surface area contributed by atoms with Gasteiger partial charge in [-0.25, -0.2) is 4.98 Å². The number of benzene rings is 1. The third-order valence-electron chi connectivity index (χ3n) is 3.69. The molecule has 114 valence electrons. The summed E-state index contributed by atoms with van der Waals surface area (Å²) in [6.45, 7) is 0.726. The van der Waals surface area contributed by atoms with Crippen molar-refractivity contribution < 1.29 is 9.59 Å². The van der Waals surface area contributed by atoms with Gasteiger partial charge in [-0.15, -0.1) is 11.3 Å². The van der Waals surface area contributed by atoms with Crippen LogP contribution in [0, 0.1) is 0 Å². The minimum atomic E-state index is -0.0178. The van der Waals surface area contributed by atoms with E-state index in [4.69, 9.17) is 0 Å². The zero-order valence-corrected chi connectivity index (χ0v) is 13.2. The quantitative estimate of drug-likeness (QED) is 0.871. The molecule has 0 saturated carbocycles. The van der Waals surface area contributed by atoms with Gasteiger partial charge in [-0.2, -0.15) is 0 Å². The van der Waals surface area contributed by atoms with E-state index in [0.29, 0.717) is 17.2 Å². The number of nitrogens with zero attached hydrogens (tertiary/aromatic N) is 3. The van der Waals surface area contributed by atoms with Gasteiger partial charge >= 0.3 is 0 Å². The van der Waals surface area contributed by atoms with Crippen molar-refractivity contribution in [3.8, 4) is 0 Å². The Labute approximate surface area is 133 Å². The lowest BCUT2D eigenvalue weighted by molar-refractivity contribution is -0.118. The van der Waals surface area contributed by atoms with Crippen LogP contribution in [-0.2, 0) is 16.0 Å². The van der Waals surface area contributed by atoms with Crippen molar-refractivity contribution in [3.05, 3.63) is 41.4 Å². The molecule has 0 spiro atoms. The van der Waals surface area contributed by atoms with Gasteiger partial charge in [-0.3, -0.25) is 14.5 Å². The summed E-state index contributed by atoms with van der Waals surface area (Å²) in [6.07, 6.45) is 1.71. The van der Waals surface area contributed by atoms with Crippen molar-refractivity contribution in [3.63, 3.8) is 0 Å². The molecule has 0 N–H and O–H groups in total. The number of aromatic nitrogens is 1. The molecule has 1 aliphatic rings. The maximum atomic E-state index is 12.3. The molecule has 22 heavy (non-hydrogen) atoms. The molecule has 0 unspecified atom stereocenters. The number of carbonyl (C=O) groups is 2. The second-order valence-corrected chi connectivity index (χ2v) is 6.07. The highest BCUT2D eigenvalue weighted by atomic mass is 32.1. The van der Waals surface area contributed by atoms with Crippen LogP contribution in [0.1, 0.15) is 18.5 Å². The van der Waals surface area contributed by atoms with E-state index in [0.717, 1.165) is 18.7 Å². The molecule has 0 radical (unpaired) electrons. The van der Waals surface area contributed by atoms with Gasteiger partial charge < -0.3 is 4.90 Å². The van der Waals surface area contributed by atoms with Crippen molar-refractivity contribution in [2.24, 2.45) is 0 Å². The number of thiazole rings is 1. The van der Waals surface area contributed by atoms with E-state index in [1.807, 2.05) is 35.7 Å². The van der Waals surface area contributed by atoms with Gasteiger partial charge in [-0.1, -0.05) is 18.2 Å². The smallest absolute Gasteiger partial charge is 0.232 e. The third kappa shape index (κ3) is 3.01. The van der Waals surface area contributed by atoms with Crippen molar-refractivity contribution in [1.29, 1.82) is 0 Å². The van der Waals surface area contributed by atoms with Gasteiger partial charge in [0.25, 0.3) is 0 Å². The van der Waals surface area contributed by atoms with E-state index in [1.54, 1.807) is 16.8 Å². The molecule has 0 bridgehead atoms. The molecule has 6 heteroatoms. The molecule has 1 aliphatic heterocycles. The largest absolute Gasteiger partial charge is 0.315 e. The van der Waals surface area contributed by atoms with E-state index >= 15 is 0 Å². The van der Waals surface area contributed by atoms with Crippen LogP contribution >= 0.6 is 11.3 Å². The van der Waals surface area contributed by atoms with E-state index in [-0.39, 0.29) is 18.2 Å². The summed E-state index contributed by atoms with van der Waals surface area (Å²) >= 11 is 1.42. The number of hydrogen-bond donors (Lipinski definition) is 0. The summed E-state index contributed by atoms with van der Waals surface area (Å²) in [6, 6.07) is 9.51. The Bertz CT molecular complexity index is 684. The van der Waals surface area contributed by atoms with Crippen molar-refractivity contribution in [2.45, 2.75) is 19.3 Å². The van der Waals surface area contributed by atoms with Crippen molar-refractivity contribution >= 4 is 34.0 Å². The van der Waals surface area contributed by atoms with Gasteiger partial charge in [0.15, 0.2) is 5.13 Å². The lowest BCUT2D eigenvalue weighted by Gasteiger charge is -2.16. The summed E-state index contributed by atoms with van der Waals surface area (Å²) in [5.41, 5.74) is 1.57. The highest BCUT2D eigenvalue weighted by Gasteiger charge is 2.24. The van der Waals surface area contributed by atoms with E-state index < -0.39 is 0 Å². The van der Waals surface area contributed by atoms with Crippen molar-refractivity contribution in [2.75, 3.05) is 23.4 Å². The molecule has 1 fully saturated rings. The number of rotatable bonds is 4. The minimum absolute atomic E-state index is 0.0178. The Morgan fingerprint density at radius 1 is 1.36 bits per heavy atom. The Morgan fingerprint density at radius 3 is 2.82 bits per heavy atom. The fourth-order valence-corrected chi connectivity index (χ4v) is 3.29. The summed E-state index contributed by atoms with van der Waals surface area (Å²) in [5, 5.41) is 2.56. The summed E-state index contributed by atoms with van der Waals surface area (Å²) in [7, 11) is 1.76. The molecule has 1 aromatic heterocycles. The van der Waals surface area contributed by atoms with Gasteiger partial charge in [0, 0.05) is 31.1 Å². The first-order valence-electron chi connectivity index (χ1n) is 7.21. The first-order chi connectivity index (χ1) is 10.6. The van der Waals surface area contributed by atoms with Crippen LogP contribution in [0.5, 0.6) is 0 Å². The molecule has 2 heterocycles. The van der Waals surface area contributed by atoms with Crippen LogP contribution in [0.2, 0.25) is 0 Å². The average molecular weight is 315 g/mol. The maximum absolute atomic E-state index is 12.3. The molecule has 0 atom stereocenters. The van der Waals surface area contributed by atoms with Gasteiger partial charge in [-0.05, 0) is 18.6 Å². The van der Waals surface area contributed by atoms with Crippen LogP contribution in [0.15, 0.2) is 35.7 Å². The highest BCUT2D eigenvalue weighted by molar-refractivity contribution is 7.14. The number of likely N-dealkylation sites (N-methyl/N-ethyl adjacent to an activating group) is 1. The molecule has 1 aromatic carbocycles. The Morgan fingerprint density at radius 2 is 2.14 bits per heavy atom. The van der Waals surface area contributed by atoms with Gasteiger partial charge in [0.05, 0.1) is 12.1 Å². The topological polar surface area (TPSA) is 53.5 Å². The standard InChI is InChI=1S/C16H17N3O2S/c1-18(13-6-3-2-4-7-13)15(21)10-12-11-22-16(17-12)19-9-5-8-14(19)20/h2-4,6-7,11H,5,8-10H2,1H3. The SMILES string of the molecule is CN(C(=O)Cc1csc(N2CCCC2=O)n1)c1ccccc1. The fourth-order valence-electron chi connectivity index (χ4n) is 2.42. The zero-order valence-electron chi connectivity index (χ0n) is 12.4. The average Bonchev–Trinajstić information content (AvgIpc) is 3.16. The molecule has 5 nitrogen and oxygen atoms in total. The predicted molar refractivity (Wildman–Crippen MR) is 87.3 cm³/mol. The number of carbonyl (C=O) groups excluding carboxylic acids is 2. The van der Waals surface area contributed by atoms with Crippen LogP contribution < -0.4 is 9.80 Å². The molecular formula is C16H17N3O2S. The highest BCUT2D eigenvalue weighted by Crippen LogP contribution is 2.25. The van der Waals surface area contributed by atoms with Gasteiger partial charge in [0.1, 0.15) is 0 Å². The van der Waals surface area contributed by atoms with Gasteiger partial charge in [0.2, 0.25) is 11.8 Å². The van der Waals surface area contributed by atoms with E-state index in [2.05, 4.69) is 4.98 Å². The predicted octanol–water partition coefficient (Wildman–Crippen LogP) is 2.48. The number of hydrogen-bond acceptors (Lipinski definition) is 4. The fraction of sp³-hybridized carbons (Fsp3) is 0.312. The second kappa shape index (κ2) is 6.27. The zero-order chi connectivity index (χ0) is 15.5. The molecule has 2 amide bonds. The van der Waals surface area contributed by atoms with Crippen LogP contribution in [0.4, 0.5) is 10.8 Å². The first-order valence-corrected chi connectivity index (χ1v) is 8.09. The Kier molecular flexibility index (Phi) is 4.20. The Balaban J connectivity index is 1.67. The van der Waals surface area contributed by atoms with E-state index in [9.17, 15) is 9.59 Å².